The van der Waals surface area contributed by atoms with E-state index in [1.807, 2.05) is 55.5 Å². The van der Waals surface area contributed by atoms with Gasteiger partial charge in [0.25, 0.3) is 5.91 Å². The standard InChI is InChI=1S/C19H17BrN4O/c1-13-9-15(7-8-16(13)20)24-19(25)17-10-18(23-12-22-17)21-11-14-5-3-2-4-6-14/h2-10,12H,11H2,1H3,(H,24,25)(H,21,22,23). The molecule has 126 valence electrons. The lowest BCUT2D eigenvalue weighted by Crippen LogP contribution is -2.14. The SMILES string of the molecule is Cc1cc(NC(=O)c2cc(NCc3ccccc3)ncn2)ccc1Br. The molecule has 0 saturated carbocycles. The highest BCUT2D eigenvalue weighted by Gasteiger charge is 2.10. The fourth-order valence-electron chi connectivity index (χ4n) is 2.28. The van der Waals surface area contributed by atoms with E-state index in [1.54, 1.807) is 6.07 Å². The van der Waals surface area contributed by atoms with Crippen LogP contribution < -0.4 is 10.6 Å². The molecule has 0 radical (unpaired) electrons. The number of anilines is 2. The number of nitrogens with zero attached hydrogens (tertiary/aromatic N) is 2. The first-order valence-electron chi connectivity index (χ1n) is 7.79. The number of nitrogens with one attached hydrogen (secondary N) is 2. The number of hydrogen-bond donors (Lipinski definition) is 2. The molecule has 1 heterocycles. The van der Waals surface area contributed by atoms with E-state index in [-0.39, 0.29) is 5.91 Å². The molecular formula is C19H17BrN4O. The van der Waals surface area contributed by atoms with E-state index in [2.05, 4.69) is 36.5 Å². The van der Waals surface area contributed by atoms with Crippen molar-refractivity contribution in [1.82, 2.24) is 9.97 Å². The van der Waals surface area contributed by atoms with Gasteiger partial charge in [-0.3, -0.25) is 4.79 Å². The Bertz CT molecular complexity index is 884. The molecular weight excluding hydrogens is 380 g/mol. The van der Waals surface area contributed by atoms with Crippen molar-refractivity contribution in [3.8, 4) is 0 Å². The fourth-order valence-corrected chi connectivity index (χ4v) is 2.53. The number of carbonyl (C=O) groups excluding carboxylic acids is 1. The molecule has 3 aromatic rings. The van der Waals surface area contributed by atoms with E-state index in [9.17, 15) is 4.79 Å². The van der Waals surface area contributed by atoms with Gasteiger partial charge in [0.15, 0.2) is 0 Å². The highest BCUT2D eigenvalue weighted by molar-refractivity contribution is 9.10. The van der Waals surface area contributed by atoms with Crippen LogP contribution in [0.2, 0.25) is 0 Å². The van der Waals surface area contributed by atoms with Crippen LogP contribution in [0.1, 0.15) is 21.6 Å². The Hall–Kier alpha value is -2.73. The molecule has 0 saturated heterocycles. The highest BCUT2D eigenvalue weighted by atomic mass is 79.9. The van der Waals surface area contributed by atoms with Crippen molar-refractivity contribution in [3.63, 3.8) is 0 Å². The lowest BCUT2D eigenvalue weighted by molar-refractivity contribution is 0.102. The summed E-state index contributed by atoms with van der Waals surface area (Å²) in [5.41, 5.74) is 3.22. The van der Waals surface area contributed by atoms with Gasteiger partial charge in [-0.2, -0.15) is 0 Å². The third kappa shape index (κ3) is 4.64. The minimum absolute atomic E-state index is 0.271. The number of halogens is 1. The normalized spacial score (nSPS) is 10.3. The third-order valence-electron chi connectivity index (χ3n) is 3.63. The second kappa shape index (κ2) is 7.90. The van der Waals surface area contributed by atoms with E-state index < -0.39 is 0 Å². The van der Waals surface area contributed by atoms with Crippen LogP contribution in [0.5, 0.6) is 0 Å². The summed E-state index contributed by atoms with van der Waals surface area (Å²) in [4.78, 5) is 20.6. The number of rotatable bonds is 5. The van der Waals surface area contributed by atoms with Gasteiger partial charge in [-0.1, -0.05) is 46.3 Å². The predicted molar refractivity (Wildman–Crippen MR) is 103 cm³/mol. The molecule has 0 aliphatic carbocycles. The first-order valence-corrected chi connectivity index (χ1v) is 8.58. The van der Waals surface area contributed by atoms with Gasteiger partial charge in [0.1, 0.15) is 17.8 Å². The zero-order chi connectivity index (χ0) is 17.6. The summed E-state index contributed by atoms with van der Waals surface area (Å²) in [7, 11) is 0. The van der Waals surface area contributed by atoms with Crippen molar-refractivity contribution in [3.05, 3.63) is 82.2 Å². The van der Waals surface area contributed by atoms with Gasteiger partial charge >= 0.3 is 0 Å². The number of aromatic nitrogens is 2. The summed E-state index contributed by atoms with van der Waals surface area (Å²) < 4.78 is 1.000. The number of carbonyl (C=O) groups is 1. The Morgan fingerprint density at radius 3 is 2.64 bits per heavy atom. The van der Waals surface area contributed by atoms with Crippen LogP contribution in [0.4, 0.5) is 11.5 Å². The van der Waals surface area contributed by atoms with Crippen LogP contribution in [0.15, 0.2) is 65.4 Å². The molecule has 0 bridgehead atoms. The smallest absolute Gasteiger partial charge is 0.274 e. The topological polar surface area (TPSA) is 66.9 Å². The lowest BCUT2D eigenvalue weighted by atomic mass is 10.2. The van der Waals surface area contributed by atoms with Crippen molar-refractivity contribution in [2.45, 2.75) is 13.5 Å². The maximum absolute atomic E-state index is 12.4. The fraction of sp³-hybridized carbons (Fsp3) is 0.105. The quantitative estimate of drug-likeness (QED) is 0.669. The number of hydrogen-bond acceptors (Lipinski definition) is 4. The van der Waals surface area contributed by atoms with Gasteiger partial charge in [0, 0.05) is 22.8 Å². The second-order valence-corrected chi connectivity index (χ2v) is 6.40. The van der Waals surface area contributed by atoms with Crippen LogP contribution in [0.3, 0.4) is 0 Å². The summed E-state index contributed by atoms with van der Waals surface area (Å²) in [5.74, 6) is 0.336. The Balaban J connectivity index is 1.67. The van der Waals surface area contributed by atoms with Gasteiger partial charge in [-0.15, -0.1) is 0 Å². The molecule has 6 heteroatoms. The third-order valence-corrected chi connectivity index (χ3v) is 4.52. The molecule has 1 aromatic heterocycles. The van der Waals surface area contributed by atoms with Crippen LogP contribution in [0, 0.1) is 6.92 Å². The minimum atomic E-state index is -0.271. The maximum Gasteiger partial charge on any atom is 0.274 e. The van der Waals surface area contributed by atoms with Crippen molar-refractivity contribution < 1.29 is 4.79 Å². The first-order chi connectivity index (χ1) is 12.1. The molecule has 0 atom stereocenters. The lowest BCUT2D eigenvalue weighted by Gasteiger charge is -2.09. The summed E-state index contributed by atoms with van der Waals surface area (Å²) in [6.45, 7) is 2.60. The van der Waals surface area contributed by atoms with E-state index in [4.69, 9.17) is 0 Å². The predicted octanol–water partition coefficient (Wildman–Crippen LogP) is 4.41. The number of aryl methyl sites for hydroxylation is 1. The Morgan fingerprint density at radius 2 is 1.88 bits per heavy atom. The Morgan fingerprint density at radius 1 is 1.08 bits per heavy atom. The van der Waals surface area contributed by atoms with Crippen molar-refractivity contribution in [2.24, 2.45) is 0 Å². The van der Waals surface area contributed by atoms with E-state index in [0.29, 0.717) is 18.1 Å². The maximum atomic E-state index is 12.4. The molecule has 3 rings (SSSR count). The zero-order valence-corrected chi connectivity index (χ0v) is 15.2. The van der Waals surface area contributed by atoms with E-state index in [1.165, 1.54) is 6.33 Å². The largest absolute Gasteiger partial charge is 0.366 e. The van der Waals surface area contributed by atoms with Crippen LogP contribution in [-0.2, 0) is 6.54 Å². The summed E-state index contributed by atoms with van der Waals surface area (Å²) in [5, 5.41) is 6.05. The molecule has 1 amide bonds. The van der Waals surface area contributed by atoms with Gasteiger partial charge < -0.3 is 10.6 Å². The van der Waals surface area contributed by atoms with Crippen LogP contribution in [-0.4, -0.2) is 15.9 Å². The number of amides is 1. The van der Waals surface area contributed by atoms with Gasteiger partial charge in [-0.25, -0.2) is 9.97 Å². The molecule has 0 spiro atoms. The van der Waals surface area contributed by atoms with E-state index >= 15 is 0 Å². The van der Waals surface area contributed by atoms with Crippen molar-refractivity contribution >= 4 is 33.3 Å². The summed E-state index contributed by atoms with van der Waals surface area (Å²) in [6.07, 6.45) is 1.38. The van der Waals surface area contributed by atoms with Gasteiger partial charge in [-0.05, 0) is 36.2 Å². The minimum Gasteiger partial charge on any atom is -0.366 e. The summed E-state index contributed by atoms with van der Waals surface area (Å²) >= 11 is 3.44. The molecule has 0 unspecified atom stereocenters. The van der Waals surface area contributed by atoms with Gasteiger partial charge in [0.05, 0.1) is 0 Å². The Kier molecular flexibility index (Phi) is 5.40. The first kappa shape index (κ1) is 17.1. The van der Waals surface area contributed by atoms with Crippen LogP contribution >= 0.6 is 15.9 Å². The average Bonchev–Trinajstić information content (AvgIpc) is 2.64. The molecule has 2 N–H and O–H groups in total. The molecule has 0 fully saturated rings. The molecule has 0 aliphatic rings. The molecule has 5 nitrogen and oxygen atoms in total. The monoisotopic (exact) mass is 396 g/mol. The van der Waals surface area contributed by atoms with Gasteiger partial charge in [0.2, 0.25) is 0 Å². The second-order valence-electron chi connectivity index (χ2n) is 5.55. The zero-order valence-electron chi connectivity index (χ0n) is 13.7. The highest BCUT2D eigenvalue weighted by Crippen LogP contribution is 2.20. The average molecular weight is 397 g/mol. The Labute approximate surface area is 154 Å². The molecule has 2 aromatic carbocycles. The van der Waals surface area contributed by atoms with E-state index in [0.717, 1.165) is 21.3 Å². The van der Waals surface area contributed by atoms with Crippen molar-refractivity contribution in [2.75, 3.05) is 10.6 Å². The molecule has 0 aliphatic heterocycles. The van der Waals surface area contributed by atoms with Crippen LogP contribution in [0.25, 0.3) is 0 Å². The number of benzene rings is 2. The summed E-state index contributed by atoms with van der Waals surface area (Å²) in [6, 6.07) is 17.3. The van der Waals surface area contributed by atoms with Crippen molar-refractivity contribution in [1.29, 1.82) is 0 Å². The molecule has 25 heavy (non-hydrogen) atoms.